The van der Waals surface area contributed by atoms with Crippen molar-refractivity contribution in [1.29, 1.82) is 0 Å². The van der Waals surface area contributed by atoms with Gasteiger partial charge in [0.25, 0.3) is 0 Å². The van der Waals surface area contributed by atoms with Gasteiger partial charge in [0.15, 0.2) is 0 Å². The molecule has 1 fully saturated rings. The lowest BCUT2D eigenvalue weighted by atomic mass is 9.88. The van der Waals surface area contributed by atoms with E-state index >= 15 is 0 Å². The fourth-order valence-electron chi connectivity index (χ4n) is 2.22. The Kier molecular flexibility index (Phi) is 2.16. The number of aromatic nitrogens is 1. The Labute approximate surface area is 98.9 Å². The molecule has 0 radical (unpaired) electrons. The maximum Gasteiger partial charge on any atom is 0.137 e. The zero-order valence-corrected chi connectivity index (χ0v) is 10.1. The second-order valence-electron chi connectivity index (χ2n) is 4.54. The summed E-state index contributed by atoms with van der Waals surface area (Å²) in [4.78, 5) is 6.75. The summed E-state index contributed by atoms with van der Waals surface area (Å²) >= 11 is 1.76. The average molecular weight is 233 g/mol. The van der Waals surface area contributed by atoms with Crippen LogP contribution in [0.3, 0.4) is 0 Å². The van der Waals surface area contributed by atoms with E-state index in [1.54, 1.807) is 11.3 Å². The van der Waals surface area contributed by atoms with Gasteiger partial charge < -0.3 is 10.6 Å². The minimum atomic E-state index is -0.000133. The molecule has 3 rings (SSSR count). The molecule has 0 bridgehead atoms. The van der Waals surface area contributed by atoms with Crippen LogP contribution in [0.15, 0.2) is 23.7 Å². The van der Waals surface area contributed by atoms with E-state index in [0.29, 0.717) is 0 Å². The van der Waals surface area contributed by atoms with Gasteiger partial charge in [0.1, 0.15) is 5.82 Å². The van der Waals surface area contributed by atoms with Gasteiger partial charge in [0, 0.05) is 29.4 Å². The van der Waals surface area contributed by atoms with Crippen LogP contribution in [0.25, 0.3) is 10.1 Å². The molecule has 2 N–H and O–H groups in total. The number of nitrogens with zero attached hydrogens (tertiary/aromatic N) is 2. The molecule has 2 aromatic heterocycles. The predicted molar refractivity (Wildman–Crippen MR) is 69.0 cm³/mol. The molecule has 1 aliphatic rings. The van der Waals surface area contributed by atoms with Gasteiger partial charge in [-0.1, -0.05) is 6.92 Å². The molecule has 0 spiro atoms. The van der Waals surface area contributed by atoms with Crippen molar-refractivity contribution in [2.45, 2.75) is 18.9 Å². The van der Waals surface area contributed by atoms with Gasteiger partial charge in [-0.15, -0.1) is 11.3 Å². The van der Waals surface area contributed by atoms with Gasteiger partial charge in [-0.3, -0.25) is 0 Å². The molecule has 16 heavy (non-hydrogen) atoms. The largest absolute Gasteiger partial charge is 0.352 e. The minimum absolute atomic E-state index is 0.000133. The second kappa shape index (κ2) is 3.43. The molecule has 1 aliphatic heterocycles. The topological polar surface area (TPSA) is 42.1 Å². The molecule has 3 heterocycles. The number of hydrogen-bond donors (Lipinski definition) is 1. The number of anilines is 1. The minimum Gasteiger partial charge on any atom is -0.352 e. The lowest BCUT2D eigenvalue weighted by Gasteiger charge is -2.48. The standard InChI is InChI=1S/C12H15N3S/c1-2-12(13)7-15(8-12)11-9-4-6-16-10(9)3-5-14-11/h3-6H,2,7-8,13H2,1H3. The lowest BCUT2D eigenvalue weighted by Crippen LogP contribution is -2.67. The van der Waals surface area contributed by atoms with E-state index < -0.39 is 0 Å². The monoisotopic (exact) mass is 233 g/mol. The van der Waals surface area contributed by atoms with Crippen molar-refractivity contribution >= 4 is 27.2 Å². The molecule has 3 nitrogen and oxygen atoms in total. The summed E-state index contributed by atoms with van der Waals surface area (Å²) in [6.45, 7) is 3.99. The molecule has 2 aromatic rings. The van der Waals surface area contributed by atoms with Gasteiger partial charge in [-0.2, -0.15) is 0 Å². The van der Waals surface area contributed by atoms with Crippen molar-refractivity contribution in [1.82, 2.24) is 4.98 Å². The molecular weight excluding hydrogens is 218 g/mol. The Morgan fingerprint density at radius 2 is 2.31 bits per heavy atom. The lowest BCUT2D eigenvalue weighted by molar-refractivity contribution is 0.321. The van der Waals surface area contributed by atoms with Crippen molar-refractivity contribution in [2.24, 2.45) is 5.73 Å². The summed E-state index contributed by atoms with van der Waals surface area (Å²) in [6.07, 6.45) is 2.92. The van der Waals surface area contributed by atoms with Gasteiger partial charge in [-0.05, 0) is 23.9 Å². The molecule has 0 saturated carbocycles. The number of rotatable bonds is 2. The molecule has 0 aromatic carbocycles. The SMILES string of the molecule is CCC1(N)CN(c2nccc3sccc23)C1. The summed E-state index contributed by atoms with van der Waals surface area (Å²) in [5.74, 6) is 1.09. The molecule has 4 heteroatoms. The zero-order valence-electron chi connectivity index (χ0n) is 9.31. The first-order valence-corrected chi connectivity index (χ1v) is 6.46. The Hall–Kier alpha value is -1.13. The maximum atomic E-state index is 6.18. The van der Waals surface area contributed by atoms with Crippen LogP contribution >= 0.6 is 11.3 Å². The van der Waals surface area contributed by atoms with Crippen molar-refractivity contribution in [3.05, 3.63) is 23.7 Å². The number of nitrogens with two attached hydrogens (primary N) is 1. The summed E-state index contributed by atoms with van der Waals surface area (Å²) in [5.41, 5.74) is 6.18. The van der Waals surface area contributed by atoms with Crippen LogP contribution < -0.4 is 10.6 Å². The third kappa shape index (κ3) is 1.41. The number of thiophene rings is 1. The molecule has 0 amide bonds. The van der Waals surface area contributed by atoms with Crippen LogP contribution in [0.2, 0.25) is 0 Å². The number of pyridine rings is 1. The summed E-state index contributed by atoms with van der Waals surface area (Å²) in [6, 6.07) is 4.21. The number of hydrogen-bond acceptors (Lipinski definition) is 4. The zero-order chi connectivity index (χ0) is 11.2. The highest BCUT2D eigenvalue weighted by atomic mass is 32.1. The van der Waals surface area contributed by atoms with E-state index in [4.69, 9.17) is 5.73 Å². The molecule has 0 atom stereocenters. The fourth-order valence-corrected chi connectivity index (χ4v) is 3.00. The van der Waals surface area contributed by atoms with E-state index in [-0.39, 0.29) is 5.54 Å². The van der Waals surface area contributed by atoms with Crippen molar-refractivity contribution in [2.75, 3.05) is 18.0 Å². The molecule has 0 aliphatic carbocycles. The van der Waals surface area contributed by atoms with Crippen LogP contribution in [0.5, 0.6) is 0 Å². The Morgan fingerprint density at radius 3 is 3.06 bits per heavy atom. The van der Waals surface area contributed by atoms with Crippen LogP contribution in [0.1, 0.15) is 13.3 Å². The first-order valence-electron chi connectivity index (χ1n) is 5.58. The summed E-state index contributed by atoms with van der Waals surface area (Å²) < 4.78 is 1.30. The molecule has 1 saturated heterocycles. The van der Waals surface area contributed by atoms with Crippen molar-refractivity contribution < 1.29 is 0 Å². The first-order chi connectivity index (χ1) is 7.72. The highest BCUT2D eigenvalue weighted by Gasteiger charge is 2.38. The van der Waals surface area contributed by atoms with Gasteiger partial charge in [0.05, 0.1) is 5.54 Å². The molecule has 0 unspecified atom stereocenters. The Balaban J connectivity index is 1.94. The fraction of sp³-hybridized carbons (Fsp3) is 0.417. The third-order valence-electron chi connectivity index (χ3n) is 3.37. The Morgan fingerprint density at radius 1 is 1.50 bits per heavy atom. The Bertz CT molecular complexity index is 514. The van der Waals surface area contributed by atoms with Gasteiger partial charge >= 0.3 is 0 Å². The summed E-state index contributed by atoms with van der Waals surface area (Å²) in [5, 5.41) is 3.37. The normalized spacial score (nSPS) is 18.8. The van der Waals surface area contributed by atoms with E-state index in [2.05, 4.69) is 34.3 Å². The molecular formula is C12H15N3S. The smallest absolute Gasteiger partial charge is 0.137 e. The third-order valence-corrected chi connectivity index (χ3v) is 4.26. The predicted octanol–water partition coefficient (Wildman–Crippen LogP) is 2.22. The van der Waals surface area contributed by atoms with Gasteiger partial charge in [0.2, 0.25) is 0 Å². The second-order valence-corrected chi connectivity index (χ2v) is 5.49. The van der Waals surface area contributed by atoms with Crippen LogP contribution in [-0.4, -0.2) is 23.6 Å². The van der Waals surface area contributed by atoms with Crippen LogP contribution in [-0.2, 0) is 0 Å². The van der Waals surface area contributed by atoms with Crippen LogP contribution in [0, 0.1) is 0 Å². The molecule has 84 valence electrons. The van der Waals surface area contributed by atoms with Crippen molar-refractivity contribution in [3.63, 3.8) is 0 Å². The van der Waals surface area contributed by atoms with E-state index in [9.17, 15) is 0 Å². The quantitative estimate of drug-likeness (QED) is 0.865. The van der Waals surface area contributed by atoms with E-state index in [1.807, 2.05) is 6.20 Å². The van der Waals surface area contributed by atoms with Crippen molar-refractivity contribution in [3.8, 4) is 0 Å². The van der Waals surface area contributed by atoms with E-state index in [1.165, 1.54) is 10.1 Å². The number of fused-ring (bicyclic) bond motifs is 1. The highest BCUT2D eigenvalue weighted by molar-refractivity contribution is 7.17. The van der Waals surface area contributed by atoms with E-state index in [0.717, 1.165) is 25.3 Å². The van der Waals surface area contributed by atoms with Gasteiger partial charge in [-0.25, -0.2) is 4.98 Å². The first kappa shape index (κ1) is 10.1. The highest BCUT2D eigenvalue weighted by Crippen LogP contribution is 2.33. The maximum absolute atomic E-state index is 6.18. The summed E-state index contributed by atoms with van der Waals surface area (Å²) in [7, 11) is 0. The van der Waals surface area contributed by atoms with Crippen LogP contribution in [0.4, 0.5) is 5.82 Å². The average Bonchev–Trinajstić information content (AvgIpc) is 2.72.